The maximum absolute atomic E-state index is 9.73. The lowest BCUT2D eigenvalue weighted by Crippen LogP contribution is -2.42. The van der Waals surface area contributed by atoms with Crippen LogP contribution in [0.25, 0.3) is 0 Å². The van der Waals surface area contributed by atoms with Gasteiger partial charge < -0.3 is 15.3 Å². The molecule has 0 radical (unpaired) electrons. The van der Waals surface area contributed by atoms with Crippen LogP contribution in [0.5, 0.6) is 0 Å². The van der Waals surface area contributed by atoms with Gasteiger partial charge >= 0.3 is 0 Å². The van der Waals surface area contributed by atoms with E-state index in [9.17, 15) is 5.11 Å². The first-order chi connectivity index (χ1) is 8.39. The van der Waals surface area contributed by atoms with Crippen molar-refractivity contribution < 1.29 is 9.94 Å². The molecule has 0 saturated heterocycles. The molecule has 0 amide bonds. The van der Waals surface area contributed by atoms with Gasteiger partial charge in [0.2, 0.25) is 0 Å². The molecule has 0 aromatic heterocycles. The van der Waals surface area contributed by atoms with Gasteiger partial charge in [-0.25, -0.2) is 0 Å². The summed E-state index contributed by atoms with van der Waals surface area (Å²) in [6.45, 7) is 11.2. The van der Waals surface area contributed by atoms with Crippen LogP contribution in [0.4, 0.5) is 0 Å². The summed E-state index contributed by atoms with van der Waals surface area (Å²) in [7, 11) is 0. The fraction of sp³-hybridized carbons (Fsp3) is 0.929. The van der Waals surface area contributed by atoms with Gasteiger partial charge in [-0.3, -0.25) is 0 Å². The van der Waals surface area contributed by atoms with Gasteiger partial charge in [-0.2, -0.15) is 0 Å². The van der Waals surface area contributed by atoms with Gasteiger partial charge in [0.25, 0.3) is 0 Å². The van der Waals surface area contributed by atoms with Gasteiger partial charge in [-0.15, -0.1) is 0 Å². The number of aliphatic hydroxyl groups is 1. The zero-order valence-corrected chi connectivity index (χ0v) is 12.6. The maximum Gasteiger partial charge on any atom is 0.144 e. The predicted molar refractivity (Wildman–Crippen MR) is 77.0 cm³/mol. The summed E-state index contributed by atoms with van der Waals surface area (Å²) in [4.78, 5) is 5.23. The van der Waals surface area contributed by atoms with Gasteiger partial charge in [0.05, 0.1) is 5.71 Å². The molecule has 0 heterocycles. The number of nitrogens with zero attached hydrogens (tertiary/aromatic N) is 1. The predicted octanol–water partition coefficient (Wildman–Crippen LogP) is 2.71. The topological polar surface area (TPSA) is 53.9 Å². The summed E-state index contributed by atoms with van der Waals surface area (Å²) in [5.41, 5.74) is 1.11. The zero-order valence-electron chi connectivity index (χ0n) is 12.6. The van der Waals surface area contributed by atoms with E-state index in [0.717, 1.165) is 31.4 Å². The SMILES string of the molecule is CCCC(CCC)=NOC[C@H](O)CNC(C)(C)C. The summed E-state index contributed by atoms with van der Waals surface area (Å²) in [5, 5.41) is 17.1. The highest BCUT2D eigenvalue weighted by molar-refractivity contribution is 5.83. The number of nitrogens with one attached hydrogen (secondary N) is 1. The van der Waals surface area contributed by atoms with Crippen molar-refractivity contribution in [3.8, 4) is 0 Å². The molecule has 0 saturated carbocycles. The molecule has 0 aromatic rings. The first-order valence-electron chi connectivity index (χ1n) is 6.99. The third-order valence-corrected chi connectivity index (χ3v) is 2.41. The van der Waals surface area contributed by atoms with Gasteiger partial charge in [-0.1, -0.05) is 31.8 Å². The fourth-order valence-corrected chi connectivity index (χ4v) is 1.49. The Balaban J connectivity index is 3.88. The lowest BCUT2D eigenvalue weighted by atomic mass is 10.1. The molecule has 0 spiro atoms. The van der Waals surface area contributed by atoms with Crippen LogP contribution in [0, 0.1) is 0 Å². The Morgan fingerprint density at radius 1 is 1.22 bits per heavy atom. The quantitative estimate of drug-likeness (QED) is 0.494. The highest BCUT2D eigenvalue weighted by Crippen LogP contribution is 2.02. The normalized spacial score (nSPS) is 13.2. The molecular formula is C14H30N2O2. The molecule has 0 aliphatic carbocycles. The maximum atomic E-state index is 9.73. The number of hydrogen-bond acceptors (Lipinski definition) is 4. The number of rotatable bonds is 9. The summed E-state index contributed by atoms with van der Waals surface area (Å²) in [5.74, 6) is 0. The highest BCUT2D eigenvalue weighted by atomic mass is 16.6. The molecule has 0 unspecified atom stereocenters. The van der Waals surface area contributed by atoms with Crippen molar-refractivity contribution in [2.24, 2.45) is 5.16 Å². The highest BCUT2D eigenvalue weighted by Gasteiger charge is 2.12. The molecule has 0 aromatic carbocycles. The minimum Gasteiger partial charge on any atom is -0.393 e. The number of oxime groups is 1. The van der Waals surface area contributed by atoms with E-state index in [0.29, 0.717) is 6.54 Å². The average molecular weight is 258 g/mol. The van der Waals surface area contributed by atoms with E-state index in [1.54, 1.807) is 0 Å². The van der Waals surface area contributed by atoms with Crippen LogP contribution in [0.1, 0.15) is 60.3 Å². The van der Waals surface area contributed by atoms with Crippen molar-refractivity contribution >= 4 is 5.71 Å². The minimum atomic E-state index is -0.516. The molecule has 4 nitrogen and oxygen atoms in total. The van der Waals surface area contributed by atoms with Crippen LogP contribution in [0.15, 0.2) is 5.16 Å². The van der Waals surface area contributed by atoms with Crippen molar-refractivity contribution in [1.29, 1.82) is 0 Å². The Bertz CT molecular complexity index is 226. The minimum absolute atomic E-state index is 0.0137. The van der Waals surface area contributed by atoms with E-state index in [1.807, 2.05) is 0 Å². The van der Waals surface area contributed by atoms with Crippen LogP contribution in [0.3, 0.4) is 0 Å². The largest absolute Gasteiger partial charge is 0.393 e. The molecule has 2 N–H and O–H groups in total. The van der Waals surface area contributed by atoms with Crippen molar-refractivity contribution in [3.05, 3.63) is 0 Å². The standard InChI is InChI=1S/C14H30N2O2/c1-6-8-12(9-7-2)16-18-11-13(17)10-15-14(3,4)5/h13,15,17H,6-11H2,1-5H3/t13-/m1/s1. The number of hydrogen-bond donors (Lipinski definition) is 2. The third kappa shape index (κ3) is 10.5. The molecule has 0 aliphatic heterocycles. The molecule has 4 heteroatoms. The van der Waals surface area contributed by atoms with Gasteiger partial charge in [0.1, 0.15) is 12.7 Å². The second-order valence-corrected chi connectivity index (χ2v) is 5.74. The molecule has 108 valence electrons. The van der Waals surface area contributed by atoms with E-state index in [1.165, 1.54) is 0 Å². The Labute approximate surface area is 112 Å². The summed E-state index contributed by atoms with van der Waals surface area (Å²) in [6, 6.07) is 0. The van der Waals surface area contributed by atoms with E-state index in [2.05, 4.69) is 45.1 Å². The van der Waals surface area contributed by atoms with Gasteiger partial charge in [0.15, 0.2) is 0 Å². The van der Waals surface area contributed by atoms with Crippen LogP contribution < -0.4 is 5.32 Å². The van der Waals surface area contributed by atoms with Crippen LogP contribution in [-0.4, -0.2) is 35.6 Å². The summed E-state index contributed by atoms with van der Waals surface area (Å²) >= 11 is 0. The number of β-amino-alcohol motifs (C(OH)–C–C–N with tert-alkyl or cyclic N) is 1. The van der Waals surface area contributed by atoms with Crippen LogP contribution in [0.2, 0.25) is 0 Å². The van der Waals surface area contributed by atoms with E-state index in [-0.39, 0.29) is 12.1 Å². The second kappa shape index (κ2) is 9.34. The first-order valence-corrected chi connectivity index (χ1v) is 6.99. The van der Waals surface area contributed by atoms with Crippen molar-refractivity contribution in [2.75, 3.05) is 13.2 Å². The first kappa shape index (κ1) is 17.4. The second-order valence-electron chi connectivity index (χ2n) is 5.74. The molecule has 0 rings (SSSR count). The Morgan fingerprint density at radius 3 is 2.22 bits per heavy atom. The zero-order chi connectivity index (χ0) is 14.0. The number of aliphatic hydroxyl groups excluding tert-OH is 1. The van der Waals surface area contributed by atoms with E-state index < -0.39 is 6.10 Å². The van der Waals surface area contributed by atoms with Gasteiger partial charge in [-0.05, 0) is 33.6 Å². The van der Waals surface area contributed by atoms with Gasteiger partial charge in [0, 0.05) is 12.1 Å². The van der Waals surface area contributed by atoms with E-state index in [4.69, 9.17) is 4.84 Å². The molecule has 0 bridgehead atoms. The smallest absolute Gasteiger partial charge is 0.144 e. The Kier molecular flexibility index (Phi) is 9.02. The Morgan fingerprint density at radius 2 is 1.78 bits per heavy atom. The molecule has 1 atom stereocenters. The lowest BCUT2D eigenvalue weighted by Gasteiger charge is -2.22. The molecule has 18 heavy (non-hydrogen) atoms. The Hall–Kier alpha value is -0.610. The molecular weight excluding hydrogens is 228 g/mol. The van der Waals surface area contributed by atoms with Crippen molar-refractivity contribution in [3.63, 3.8) is 0 Å². The molecule has 0 aliphatic rings. The van der Waals surface area contributed by atoms with Crippen molar-refractivity contribution in [2.45, 2.75) is 71.9 Å². The lowest BCUT2D eigenvalue weighted by molar-refractivity contribution is 0.0367. The van der Waals surface area contributed by atoms with Crippen molar-refractivity contribution in [1.82, 2.24) is 5.32 Å². The van der Waals surface area contributed by atoms with Crippen LogP contribution in [-0.2, 0) is 4.84 Å². The fourth-order valence-electron chi connectivity index (χ4n) is 1.49. The summed E-state index contributed by atoms with van der Waals surface area (Å²) < 4.78 is 0. The van der Waals surface area contributed by atoms with E-state index >= 15 is 0 Å². The summed E-state index contributed by atoms with van der Waals surface area (Å²) in [6.07, 6.45) is 3.60. The van der Waals surface area contributed by atoms with Crippen LogP contribution >= 0.6 is 0 Å². The average Bonchev–Trinajstić information content (AvgIpc) is 2.26. The molecule has 0 fully saturated rings. The third-order valence-electron chi connectivity index (χ3n) is 2.41. The monoisotopic (exact) mass is 258 g/mol.